The first-order valence-corrected chi connectivity index (χ1v) is 6.34. The number of hydrogen-bond acceptors (Lipinski definition) is 3. The third-order valence-electron chi connectivity index (χ3n) is 3.03. The molecule has 0 aliphatic carbocycles. The van der Waals surface area contributed by atoms with E-state index in [-0.39, 0.29) is 6.04 Å². The lowest BCUT2D eigenvalue weighted by atomic mass is 10.1. The molecule has 0 aliphatic heterocycles. The zero-order valence-electron chi connectivity index (χ0n) is 10.6. The van der Waals surface area contributed by atoms with Gasteiger partial charge in [-0.3, -0.25) is 9.67 Å². The van der Waals surface area contributed by atoms with Gasteiger partial charge < -0.3 is 5.32 Å². The van der Waals surface area contributed by atoms with Gasteiger partial charge in [-0.15, -0.1) is 0 Å². The SMILES string of the molecule is CNC(CCc1ccccn1)c1c(Cl)cnn1C. The second kappa shape index (κ2) is 5.98. The largest absolute Gasteiger partial charge is 0.312 e. The highest BCUT2D eigenvalue weighted by Crippen LogP contribution is 2.25. The molecule has 0 aliphatic rings. The van der Waals surface area contributed by atoms with Crippen LogP contribution in [-0.4, -0.2) is 21.8 Å². The number of aromatic nitrogens is 3. The quantitative estimate of drug-likeness (QED) is 0.902. The van der Waals surface area contributed by atoms with Crippen LogP contribution in [0.25, 0.3) is 0 Å². The third-order valence-corrected chi connectivity index (χ3v) is 3.32. The second-order valence-corrected chi connectivity index (χ2v) is 4.61. The van der Waals surface area contributed by atoms with Crippen LogP contribution >= 0.6 is 11.6 Å². The van der Waals surface area contributed by atoms with Crippen LogP contribution in [0.5, 0.6) is 0 Å². The van der Waals surface area contributed by atoms with E-state index in [1.165, 1.54) is 0 Å². The highest BCUT2D eigenvalue weighted by molar-refractivity contribution is 6.31. The van der Waals surface area contributed by atoms with Gasteiger partial charge >= 0.3 is 0 Å². The van der Waals surface area contributed by atoms with Crippen LogP contribution in [0.4, 0.5) is 0 Å². The van der Waals surface area contributed by atoms with E-state index in [9.17, 15) is 0 Å². The Morgan fingerprint density at radius 3 is 2.83 bits per heavy atom. The van der Waals surface area contributed by atoms with Crippen molar-refractivity contribution in [1.82, 2.24) is 20.1 Å². The van der Waals surface area contributed by atoms with E-state index in [2.05, 4.69) is 15.4 Å². The molecule has 4 nitrogen and oxygen atoms in total. The standard InChI is InChI=1S/C13H17ClN4/c1-15-12(13-11(14)9-17-18(13)2)7-6-10-5-3-4-8-16-10/h3-5,8-9,12,15H,6-7H2,1-2H3. The molecule has 2 aromatic heterocycles. The topological polar surface area (TPSA) is 42.7 Å². The van der Waals surface area contributed by atoms with Crippen LogP contribution in [-0.2, 0) is 13.5 Å². The lowest BCUT2D eigenvalue weighted by Crippen LogP contribution is -2.20. The maximum Gasteiger partial charge on any atom is 0.0833 e. The zero-order valence-corrected chi connectivity index (χ0v) is 11.4. The number of nitrogens with zero attached hydrogens (tertiary/aromatic N) is 3. The average Bonchev–Trinajstić information content (AvgIpc) is 2.73. The van der Waals surface area contributed by atoms with E-state index in [0.29, 0.717) is 5.02 Å². The zero-order chi connectivity index (χ0) is 13.0. The van der Waals surface area contributed by atoms with Crippen molar-refractivity contribution in [2.24, 2.45) is 7.05 Å². The second-order valence-electron chi connectivity index (χ2n) is 4.20. The average molecular weight is 265 g/mol. The highest BCUT2D eigenvalue weighted by atomic mass is 35.5. The lowest BCUT2D eigenvalue weighted by Gasteiger charge is -2.16. The van der Waals surface area contributed by atoms with Gasteiger partial charge in [0.25, 0.3) is 0 Å². The molecule has 1 atom stereocenters. The lowest BCUT2D eigenvalue weighted by molar-refractivity contribution is 0.504. The van der Waals surface area contributed by atoms with E-state index in [1.54, 1.807) is 6.20 Å². The summed E-state index contributed by atoms with van der Waals surface area (Å²) in [4.78, 5) is 4.33. The molecule has 2 heterocycles. The molecule has 18 heavy (non-hydrogen) atoms. The summed E-state index contributed by atoms with van der Waals surface area (Å²) in [7, 11) is 3.85. The highest BCUT2D eigenvalue weighted by Gasteiger charge is 2.17. The van der Waals surface area contributed by atoms with Gasteiger partial charge in [0.1, 0.15) is 0 Å². The van der Waals surface area contributed by atoms with Crippen LogP contribution in [0.3, 0.4) is 0 Å². The Labute approximate surface area is 112 Å². The molecule has 1 N–H and O–H groups in total. The molecular weight excluding hydrogens is 248 g/mol. The molecule has 96 valence electrons. The number of hydrogen-bond donors (Lipinski definition) is 1. The Morgan fingerprint density at radius 1 is 1.44 bits per heavy atom. The summed E-state index contributed by atoms with van der Waals surface area (Å²) in [5.74, 6) is 0. The molecule has 0 aromatic carbocycles. The smallest absolute Gasteiger partial charge is 0.0833 e. The van der Waals surface area contributed by atoms with Gasteiger partial charge in [0.2, 0.25) is 0 Å². The van der Waals surface area contributed by atoms with Gasteiger partial charge in [-0.2, -0.15) is 5.10 Å². The van der Waals surface area contributed by atoms with E-state index < -0.39 is 0 Å². The van der Waals surface area contributed by atoms with Crippen molar-refractivity contribution in [1.29, 1.82) is 0 Å². The van der Waals surface area contributed by atoms with Gasteiger partial charge in [0.05, 0.1) is 23.0 Å². The molecule has 0 fully saturated rings. The first-order chi connectivity index (χ1) is 8.72. The first kappa shape index (κ1) is 13.1. The van der Waals surface area contributed by atoms with Crippen molar-refractivity contribution >= 4 is 11.6 Å². The molecule has 0 amide bonds. The Balaban J connectivity index is 2.07. The van der Waals surface area contributed by atoms with E-state index in [4.69, 9.17) is 11.6 Å². The Morgan fingerprint density at radius 2 is 2.28 bits per heavy atom. The van der Waals surface area contributed by atoms with Crippen LogP contribution in [0.2, 0.25) is 5.02 Å². The summed E-state index contributed by atoms with van der Waals surface area (Å²) in [5, 5.41) is 8.16. The number of aryl methyl sites for hydroxylation is 2. The van der Waals surface area contributed by atoms with Crippen molar-refractivity contribution in [3.05, 3.63) is 47.0 Å². The van der Waals surface area contributed by atoms with Crippen LogP contribution in [0.1, 0.15) is 23.9 Å². The number of halogens is 1. The van der Waals surface area contributed by atoms with Gasteiger partial charge in [0.15, 0.2) is 0 Å². The van der Waals surface area contributed by atoms with E-state index in [0.717, 1.165) is 24.2 Å². The molecule has 2 rings (SSSR count). The summed E-state index contributed by atoms with van der Waals surface area (Å²) in [6.07, 6.45) is 5.35. The maximum atomic E-state index is 6.16. The Bertz CT molecular complexity index is 475. The van der Waals surface area contributed by atoms with Crippen molar-refractivity contribution in [2.75, 3.05) is 7.05 Å². The summed E-state index contributed by atoms with van der Waals surface area (Å²) >= 11 is 6.16. The predicted molar refractivity (Wildman–Crippen MR) is 72.6 cm³/mol. The van der Waals surface area contributed by atoms with Crippen LogP contribution in [0.15, 0.2) is 30.6 Å². The molecular formula is C13H17ClN4. The third kappa shape index (κ3) is 2.89. The van der Waals surface area contributed by atoms with Crippen molar-refractivity contribution in [3.63, 3.8) is 0 Å². The summed E-state index contributed by atoms with van der Waals surface area (Å²) in [6, 6.07) is 6.16. The Kier molecular flexibility index (Phi) is 4.33. The molecule has 0 spiro atoms. The number of rotatable bonds is 5. The van der Waals surface area contributed by atoms with Gasteiger partial charge in [-0.25, -0.2) is 0 Å². The first-order valence-electron chi connectivity index (χ1n) is 5.97. The van der Waals surface area contributed by atoms with Crippen LogP contribution < -0.4 is 5.32 Å². The molecule has 1 unspecified atom stereocenters. The Hall–Kier alpha value is -1.39. The molecule has 0 bridgehead atoms. The summed E-state index contributed by atoms with van der Waals surface area (Å²) < 4.78 is 1.82. The molecule has 0 saturated carbocycles. The normalized spacial score (nSPS) is 12.6. The minimum absolute atomic E-state index is 0.187. The van der Waals surface area contributed by atoms with Gasteiger partial charge in [-0.05, 0) is 32.0 Å². The van der Waals surface area contributed by atoms with E-state index >= 15 is 0 Å². The molecule has 5 heteroatoms. The number of pyridine rings is 1. The molecule has 0 saturated heterocycles. The fourth-order valence-corrected chi connectivity index (χ4v) is 2.37. The fourth-order valence-electron chi connectivity index (χ4n) is 2.07. The molecule has 2 aromatic rings. The summed E-state index contributed by atoms with van der Waals surface area (Å²) in [6.45, 7) is 0. The number of nitrogens with one attached hydrogen (secondary N) is 1. The fraction of sp³-hybridized carbons (Fsp3) is 0.385. The van der Waals surface area contributed by atoms with E-state index in [1.807, 2.05) is 43.2 Å². The van der Waals surface area contributed by atoms with Crippen molar-refractivity contribution in [2.45, 2.75) is 18.9 Å². The monoisotopic (exact) mass is 264 g/mol. The predicted octanol–water partition coefficient (Wildman–Crippen LogP) is 2.36. The van der Waals surface area contributed by atoms with Crippen molar-refractivity contribution < 1.29 is 0 Å². The molecule has 0 radical (unpaired) electrons. The van der Waals surface area contributed by atoms with Crippen LogP contribution in [0, 0.1) is 0 Å². The maximum absolute atomic E-state index is 6.16. The van der Waals surface area contributed by atoms with Crippen molar-refractivity contribution in [3.8, 4) is 0 Å². The summed E-state index contributed by atoms with van der Waals surface area (Å²) in [5.41, 5.74) is 2.12. The minimum atomic E-state index is 0.187. The minimum Gasteiger partial charge on any atom is -0.312 e. The van der Waals surface area contributed by atoms with Gasteiger partial charge in [-0.1, -0.05) is 17.7 Å². The van der Waals surface area contributed by atoms with Gasteiger partial charge in [0, 0.05) is 18.9 Å².